The standard InChI is InChI=1S/C15H18ClN3/c1-4-13-14(16)17-10-18-15(13)19(3)9-12-8-6-5-7-11(12)2/h5-8,10H,4,9H2,1-3H3. The van der Waals surface area contributed by atoms with Crippen molar-refractivity contribution in [3.63, 3.8) is 0 Å². The number of rotatable bonds is 4. The minimum absolute atomic E-state index is 0.545. The molecule has 0 unspecified atom stereocenters. The Kier molecular flexibility index (Phi) is 4.38. The average molecular weight is 276 g/mol. The van der Waals surface area contributed by atoms with Crippen molar-refractivity contribution in [2.24, 2.45) is 0 Å². The summed E-state index contributed by atoms with van der Waals surface area (Å²) in [7, 11) is 2.03. The summed E-state index contributed by atoms with van der Waals surface area (Å²) in [6.07, 6.45) is 2.35. The summed E-state index contributed by atoms with van der Waals surface area (Å²) in [5.74, 6) is 0.908. The summed E-state index contributed by atoms with van der Waals surface area (Å²) >= 11 is 6.13. The number of hydrogen-bond donors (Lipinski definition) is 0. The molecular formula is C15H18ClN3. The van der Waals surface area contributed by atoms with Crippen LogP contribution in [0.1, 0.15) is 23.6 Å². The third-order valence-corrected chi connectivity index (χ3v) is 3.58. The Morgan fingerprint density at radius 3 is 2.63 bits per heavy atom. The molecule has 2 rings (SSSR count). The molecule has 0 aliphatic rings. The third-order valence-electron chi connectivity index (χ3n) is 3.25. The van der Waals surface area contributed by atoms with E-state index in [1.807, 2.05) is 7.05 Å². The molecule has 1 aromatic heterocycles. The fraction of sp³-hybridized carbons (Fsp3) is 0.333. The smallest absolute Gasteiger partial charge is 0.137 e. The molecule has 0 N–H and O–H groups in total. The lowest BCUT2D eigenvalue weighted by atomic mass is 10.1. The van der Waals surface area contributed by atoms with Gasteiger partial charge in [0.1, 0.15) is 17.3 Å². The average Bonchev–Trinajstić information content (AvgIpc) is 2.41. The second kappa shape index (κ2) is 6.02. The maximum Gasteiger partial charge on any atom is 0.137 e. The monoisotopic (exact) mass is 275 g/mol. The van der Waals surface area contributed by atoms with E-state index >= 15 is 0 Å². The van der Waals surface area contributed by atoms with Crippen LogP contribution in [0.2, 0.25) is 5.15 Å². The highest BCUT2D eigenvalue weighted by Gasteiger charge is 2.12. The molecule has 4 heteroatoms. The summed E-state index contributed by atoms with van der Waals surface area (Å²) in [5, 5.41) is 0.545. The summed E-state index contributed by atoms with van der Waals surface area (Å²) in [6.45, 7) is 5.00. The first-order valence-corrected chi connectivity index (χ1v) is 6.76. The minimum atomic E-state index is 0.545. The first-order chi connectivity index (χ1) is 9.13. The maximum atomic E-state index is 6.13. The quantitative estimate of drug-likeness (QED) is 0.798. The number of benzene rings is 1. The lowest BCUT2D eigenvalue weighted by Gasteiger charge is -2.22. The number of hydrogen-bond acceptors (Lipinski definition) is 3. The highest BCUT2D eigenvalue weighted by Crippen LogP contribution is 2.24. The molecule has 0 spiro atoms. The van der Waals surface area contributed by atoms with E-state index in [1.165, 1.54) is 17.5 Å². The zero-order chi connectivity index (χ0) is 13.8. The number of nitrogens with zero attached hydrogens (tertiary/aromatic N) is 3. The zero-order valence-electron chi connectivity index (χ0n) is 11.5. The van der Waals surface area contributed by atoms with Gasteiger partial charge in [-0.05, 0) is 24.5 Å². The van der Waals surface area contributed by atoms with E-state index in [9.17, 15) is 0 Å². The molecule has 0 saturated carbocycles. The molecule has 0 amide bonds. The molecule has 1 aromatic carbocycles. The Bertz CT molecular complexity index is 569. The first kappa shape index (κ1) is 13.8. The molecule has 0 aliphatic heterocycles. The molecule has 0 atom stereocenters. The Labute approximate surface area is 119 Å². The van der Waals surface area contributed by atoms with Crippen LogP contribution in [0.3, 0.4) is 0 Å². The highest BCUT2D eigenvalue weighted by molar-refractivity contribution is 6.30. The SMILES string of the molecule is CCc1c(Cl)ncnc1N(C)Cc1ccccc1C. The second-order valence-corrected chi connectivity index (χ2v) is 4.96. The van der Waals surface area contributed by atoms with E-state index in [4.69, 9.17) is 11.6 Å². The normalized spacial score (nSPS) is 10.5. The van der Waals surface area contributed by atoms with Crippen LogP contribution in [0, 0.1) is 6.92 Å². The van der Waals surface area contributed by atoms with E-state index in [1.54, 1.807) is 0 Å². The van der Waals surface area contributed by atoms with Gasteiger partial charge >= 0.3 is 0 Å². The van der Waals surface area contributed by atoms with Crippen LogP contribution < -0.4 is 4.90 Å². The van der Waals surface area contributed by atoms with Crippen molar-refractivity contribution in [1.82, 2.24) is 9.97 Å². The number of aryl methyl sites for hydroxylation is 1. The van der Waals surface area contributed by atoms with Gasteiger partial charge in [0.2, 0.25) is 0 Å². The van der Waals surface area contributed by atoms with Crippen LogP contribution in [0.15, 0.2) is 30.6 Å². The molecule has 2 aromatic rings. The molecule has 0 bridgehead atoms. The molecule has 1 heterocycles. The van der Waals surface area contributed by atoms with Crippen molar-refractivity contribution in [2.75, 3.05) is 11.9 Å². The first-order valence-electron chi connectivity index (χ1n) is 6.38. The van der Waals surface area contributed by atoms with E-state index < -0.39 is 0 Å². The molecular weight excluding hydrogens is 258 g/mol. The van der Waals surface area contributed by atoms with Crippen molar-refractivity contribution >= 4 is 17.4 Å². The number of anilines is 1. The van der Waals surface area contributed by atoms with Crippen LogP contribution in [-0.4, -0.2) is 17.0 Å². The fourth-order valence-corrected chi connectivity index (χ4v) is 2.39. The van der Waals surface area contributed by atoms with Crippen molar-refractivity contribution in [3.05, 3.63) is 52.4 Å². The summed E-state index contributed by atoms with van der Waals surface area (Å²) in [4.78, 5) is 10.5. The van der Waals surface area contributed by atoms with Gasteiger partial charge in [0, 0.05) is 19.2 Å². The molecule has 19 heavy (non-hydrogen) atoms. The Morgan fingerprint density at radius 2 is 1.95 bits per heavy atom. The minimum Gasteiger partial charge on any atom is -0.355 e. The second-order valence-electron chi connectivity index (χ2n) is 4.60. The number of aromatic nitrogens is 2. The van der Waals surface area contributed by atoms with E-state index in [0.717, 1.165) is 24.3 Å². The van der Waals surface area contributed by atoms with Gasteiger partial charge in [-0.15, -0.1) is 0 Å². The molecule has 0 aliphatic carbocycles. The van der Waals surface area contributed by atoms with Crippen molar-refractivity contribution in [2.45, 2.75) is 26.8 Å². The molecule has 0 radical (unpaired) electrons. The van der Waals surface area contributed by atoms with Crippen LogP contribution in [0.25, 0.3) is 0 Å². The largest absolute Gasteiger partial charge is 0.355 e. The maximum absolute atomic E-state index is 6.13. The molecule has 3 nitrogen and oxygen atoms in total. The molecule has 0 fully saturated rings. The Morgan fingerprint density at radius 1 is 1.21 bits per heavy atom. The number of halogens is 1. The Hall–Kier alpha value is -1.61. The van der Waals surface area contributed by atoms with E-state index in [2.05, 4.69) is 53.0 Å². The van der Waals surface area contributed by atoms with Crippen LogP contribution >= 0.6 is 11.6 Å². The topological polar surface area (TPSA) is 29.0 Å². The lowest BCUT2D eigenvalue weighted by Crippen LogP contribution is -2.20. The Balaban J connectivity index is 2.28. The summed E-state index contributed by atoms with van der Waals surface area (Å²) in [6, 6.07) is 8.37. The molecule has 0 saturated heterocycles. The summed E-state index contributed by atoms with van der Waals surface area (Å²) < 4.78 is 0. The van der Waals surface area contributed by atoms with Crippen LogP contribution in [0.4, 0.5) is 5.82 Å². The van der Waals surface area contributed by atoms with Gasteiger partial charge in [-0.25, -0.2) is 9.97 Å². The third kappa shape index (κ3) is 3.04. The van der Waals surface area contributed by atoms with Crippen LogP contribution in [0.5, 0.6) is 0 Å². The van der Waals surface area contributed by atoms with Gasteiger partial charge in [-0.3, -0.25) is 0 Å². The predicted octanol–water partition coefficient (Wildman–Crippen LogP) is 3.64. The van der Waals surface area contributed by atoms with Crippen LogP contribution in [-0.2, 0) is 13.0 Å². The highest BCUT2D eigenvalue weighted by atomic mass is 35.5. The summed E-state index contributed by atoms with van der Waals surface area (Å²) in [5.41, 5.74) is 3.58. The van der Waals surface area contributed by atoms with E-state index in [0.29, 0.717) is 5.15 Å². The van der Waals surface area contributed by atoms with Gasteiger partial charge in [-0.2, -0.15) is 0 Å². The molecule has 100 valence electrons. The van der Waals surface area contributed by atoms with Gasteiger partial charge in [-0.1, -0.05) is 42.8 Å². The van der Waals surface area contributed by atoms with Gasteiger partial charge in [0.25, 0.3) is 0 Å². The zero-order valence-corrected chi connectivity index (χ0v) is 12.3. The van der Waals surface area contributed by atoms with Crippen molar-refractivity contribution in [1.29, 1.82) is 0 Å². The predicted molar refractivity (Wildman–Crippen MR) is 79.7 cm³/mol. The lowest BCUT2D eigenvalue weighted by molar-refractivity contribution is 0.865. The van der Waals surface area contributed by atoms with Gasteiger partial charge in [0.15, 0.2) is 0 Å². The van der Waals surface area contributed by atoms with Gasteiger partial charge < -0.3 is 4.90 Å². The van der Waals surface area contributed by atoms with Gasteiger partial charge in [0.05, 0.1) is 0 Å². The van der Waals surface area contributed by atoms with Crippen molar-refractivity contribution in [3.8, 4) is 0 Å². The van der Waals surface area contributed by atoms with E-state index in [-0.39, 0.29) is 0 Å². The fourth-order valence-electron chi connectivity index (χ4n) is 2.13. The van der Waals surface area contributed by atoms with Crippen molar-refractivity contribution < 1.29 is 0 Å².